The SMILES string of the molecule is CCN(CC)C(=O)c1ccc(C(=C2CCNCC2Cc2cncs2)c2ccc(NC(C)=O)cc2)cc1. The lowest BCUT2D eigenvalue weighted by Crippen LogP contribution is -2.33. The first kappa shape index (κ1) is 25.8. The highest BCUT2D eigenvalue weighted by molar-refractivity contribution is 7.09. The number of anilines is 1. The van der Waals surface area contributed by atoms with Crippen LogP contribution in [0.5, 0.6) is 0 Å². The smallest absolute Gasteiger partial charge is 0.253 e. The monoisotopic (exact) mass is 502 g/mol. The molecule has 4 rings (SSSR count). The lowest BCUT2D eigenvalue weighted by molar-refractivity contribution is -0.114. The topological polar surface area (TPSA) is 74.3 Å². The highest BCUT2D eigenvalue weighted by Crippen LogP contribution is 2.36. The standard InChI is InChI=1S/C29H34N4O2S/c1-4-33(5-2)29(35)23-8-6-21(7-9-23)28(22-10-12-25(13-11-22)32-20(3)34)27-14-15-30-17-24(27)16-26-18-31-19-36-26/h6-13,18-19,24,30H,4-5,14-17H2,1-3H3,(H,32,34). The van der Waals surface area contributed by atoms with E-state index in [1.165, 1.54) is 22.9 Å². The van der Waals surface area contributed by atoms with Gasteiger partial charge in [-0.25, -0.2) is 0 Å². The highest BCUT2D eigenvalue weighted by Gasteiger charge is 2.25. The molecule has 1 aliphatic rings. The summed E-state index contributed by atoms with van der Waals surface area (Å²) in [4.78, 5) is 31.8. The van der Waals surface area contributed by atoms with Gasteiger partial charge >= 0.3 is 0 Å². The van der Waals surface area contributed by atoms with Gasteiger partial charge in [0.1, 0.15) is 0 Å². The summed E-state index contributed by atoms with van der Waals surface area (Å²) >= 11 is 1.70. The lowest BCUT2D eigenvalue weighted by atomic mass is 9.81. The first-order valence-corrected chi connectivity index (χ1v) is 13.5. The van der Waals surface area contributed by atoms with Gasteiger partial charge < -0.3 is 15.5 Å². The highest BCUT2D eigenvalue weighted by atomic mass is 32.1. The van der Waals surface area contributed by atoms with Crippen molar-refractivity contribution < 1.29 is 9.59 Å². The van der Waals surface area contributed by atoms with Crippen molar-refractivity contribution in [2.45, 2.75) is 33.6 Å². The molecule has 1 aliphatic heterocycles. The Bertz CT molecular complexity index is 1200. The van der Waals surface area contributed by atoms with Crippen molar-refractivity contribution >= 4 is 34.4 Å². The van der Waals surface area contributed by atoms with Gasteiger partial charge in [0.2, 0.25) is 5.91 Å². The third kappa shape index (κ3) is 6.09. The quantitative estimate of drug-likeness (QED) is 0.442. The summed E-state index contributed by atoms with van der Waals surface area (Å²) in [6.07, 6.45) is 3.86. The van der Waals surface area contributed by atoms with Crippen LogP contribution >= 0.6 is 11.3 Å². The zero-order valence-electron chi connectivity index (χ0n) is 21.2. The summed E-state index contributed by atoms with van der Waals surface area (Å²) in [5.41, 5.74) is 8.21. The third-order valence-electron chi connectivity index (χ3n) is 6.67. The van der Waals surface area contributed by atoms with E-state index in [2.05, 4.69) is 39.9 Å². The van der Waals surface area contributed by atoms with Crippen LogP contribution in [0.2, 0.25) is 0 Å². The third-order valence-corrected chi connectivity index (χ3v) is 7.47. The minimum atomic E-state index is -0.0854. The molecule has 1 saturated heterocycles. The van der Waals surface area contributed by atoms with E-state index >= 15 is 0 Å². The van der Waals surface area contributed by atoms with E-state index in [1.807, 2.05) is 54.7 Å². The van der Waals surface area contributed by atoms with Crippen molar-refractivity contribution in [1.82, 2.24) is 15.2 Å². The number of rotatable bonds is 8. The number of aromatic nitrogens is 1. The molecule has 1 aromatic heterocycles. The predicted octanol–water partition coefficient (Wildman–Crippen LogP) is 5.24. The molecule has 2 amide bonds. The van der Waals surface area contributed by atoms with Crippen LogP contribution in [0.25, 0.3) is 5.57 Å². The van der Waals surface area contributed by atoms with Crippen molar-refractivity contribution in [3.05, 3.63) is 87.4 Å². The van der Waals surface area contributed by atoms with Crippen LogP contribution in [0.3, 0.4) is 0 Å². The van der Waals surface area contributed by atoms with Gasteiger partial charge in [-0.05, 0) is 80.1 Å². The second kappa shape index (κ2) is 12.1. The predicted molar refractivity (Wildman–Crippen MR) is 147 cm³/mol. The average molecular weight is 503 g/mol. The summed E-state index contributed by atoms with van der Waals surface area (Å²) in [6, 6.07) is 16.1. The van der Waals surface area contributed by atoms with E-state index < -0.39 is 0 Å². The number of carbonyl (C=O) groups excluding carboxylic acids is 2. The molecule has 188 valence electrons. The zero-order valence-corrected chi connectivity index (χ0v) is 22.0. The van der Waals surface area contributed by atoms with Gasteiger partial charge in [0.05, 0.1) is 5.51 Å². The Balaban J connectivity index is 1.76. The van der Waals surface area contributed by atoms with Gasteiger partial charge in [0.15, 0.2) is 0 Å². The molecule has 1 unspecified atom stereocenters. The second-order valence-corrected chi connectivity index (χ2v) is 10.0. The van der Waals surface area contributed by atoms with E-state index in [0.717, 1.165) is 42.7 Å². The Morgan fingerprint density at radius 3 is 2.25 bits per heavy atom. The molecule has 1 fully saturated rings. The molecular weight excluding hydrogens is 468 g/mol. The largest absolute Gasteiger partial charge is 0.339 e. The Labute approximate surface area is 217 Å². The normalized spacial score (nSPS) is 16.9. The number of piperidine rings is 1. The average Bonchev–Trinajstić information content (AvgIpc) is 3.40. The maximum Gasteiger partial charge on any atom is 0.253 e. The van der Waals surface area contributed by atoms with Crippen LogP contribution in [0, 0.1) is 5.92 Å². The number of benzene rings is 2. The molecule has 36 heavy (non-hydrogen) atoms. The van der Waals surface area contributed by atoms with E-state index in [0.29, 0.717) is 24.6 Å². The molecule has 0 spiro atoms. The molecule has 1 atom stereocenters. The van der Waals surface area contributed by atoms with Crippen molar-refractivity contribution in [2.75, 3.05) is 31.5 Å². The molecule has 7 heteroatoms. The molecule has 0 radical (unpaired) electrons. The number of nitrogens with one attached hydrogen (secondary N) is 2. The number of hydrogen-bond acceptors (Lipinski definition) is 5. The van der Waals surface area contributed by atoms with Gasteiger partial charge in [-0.3, -0.25) is 14.6 Å². The number of hydrogen-bond donors (Lipinski definition) is 2. The van der Waals surface area contributed by atoms with Crippen LogP contribution in [0.1, 0.15) is 53.6 Å². The van der Waals surface area contributed by atoms with Gasteiger partial charge in [0, 0.05) is 48.9 Å². The molecule has 0 aliphatic carbocycles. The number of nitrogens with zero attached hydrogens (tertiary/aromatic N) is 2. The van der Waals surface area contributed by atoms with Crippen LogP contribution in [0.15, 0.2) is 65.8 Å². The van der Waals surface area contributed by atoms with Gasteiger partial charge in [-0.15, -0.1) is 11.3 Å². The summed E-state index contributed by atoms with van der Waals surface area (Å²) < 4.78 is 0. The first-order valence-electron chi connectivity index (χ1n) is 12.6. The maximum absolute atomic E-state index is 12.9. The summed E-state index contributed by atoms with van der Waals surface area (Å²) in [7, 11) is 0. The molecule has 3 aromatic rings. The van der Waals surface area contributed by atoms with Crippen molar-refractivity contribution in [2.24, 2.45) is 5.92 Å². The van der Waals surface area contributed by atoms with Crippen LogP contribution in [-0.4, -0.2) is 47.9 Å². The van der Waals surface area contributed by atoms with Crippen LogP contribution in [0.4, 0.5) is 5.69 Å². The molecule has 2 N–H and O–H groups in total. The maximum atomic E-state index is 12.9. The zero-order chi connectivity index (χ0) is 25.5. The fourth-order valence-electron chi connectivity index (χ4n) is 4.87. The van der Waals surface area contributed by atoms with Crippen molar-refractivity contribution in [3.8, 4) is 0 Å². The van der Waals surface area contributed by atoms with Gasteiger partial charge in [0.25, 0.3) is 5.91 Å². The molecule has 6 nitrogen and oxygen atoms in total. The van der Waals surface area contributed by atoms with Crippen LogP contribution < -0.4 is 10.6 Å². The fourth-order valence-corrected chi connectivity index (χ4v) is 5.55. The minimum absolute atomic E-state index is 0.0605. The molecule has 2 aromatic carbocycles. The van der Waals surface area contributed by atoms with Gasteiger partial charge in [-0.1, -0.05) is 29.8 Å². The Hall–Kier alpha value is -3.29. The lowest BCUT2D eigenvalue weighted by Gasteiger charge is -2.29. The number of thiazole rings is 1. The Kier molecular flexibility index (Phi) is 8.67. The van der Waals surface area contributed by atoms with E-state index in [-0.39, 0.29) is 11.8 Å². The number of amides is 2. The second-order valence-electron chi connectivity index (χ2n) is 9.04. The Morgan fingerprint density at radius 1 is 1.03 bits per heavy atom. The minimum Gasteiger partial charge on any atom is -0.339 e. The molecule has 0 saturated carbocycles. The molecular formula is C29H34N4O2S. The van der Waals surface area contributed by atoms with Crippen molar-refractivity contribution in [3.63, 3.8) is 0 Å². The Morgan fingerprint density at radius 2 is 1.67 bits per heavy atom. The summed E-state index contributed by atoms with van der Waals surface area (Å²) in [5.74, 6) is 0.323. The van der Waals surface area contributed by atoms with Crippen LogP contribution in [-0.2, 0) is 11.2 Å². The van der Waals surface area contributed by atoms with E-state index in [4.69, 9.17) is 0 Å². The van der Waals surface area contributed by atoms with Crippen molar-refractivity contribution in [1.29, 1.82) is 0 Å². The van der Waals surface area contributed by atoms with Gasteiger partial charge in [-0.2, -0.15) is 0 Å². The van der Waals surface area contributed by atoms with E-state index in [1.54, 1.807) is 11.3 Å². The fraction of sp³-hybridized carbons (Fsp3) is 0.345. The summed E-state index contributed by atoms with van der Waals surface area (Å²) in [6.45, 7) is 8.76. The first-order chi connectivity index (χ1) is 17.5. The molecule has 2 heterocycles. The summed E-state index contributed by atoms with van der Waals surface area (Å²) in [5, 5.41) is 6.43. The molecule has 0 bridgehead atoms. The number of carbonyl (C=O) groups is 2. The van der Waals surface area contributed by atoms with E-state index in [9.17, 15) is 9.59 Å².